The second-order valence-corrected chi connectivity index (χ2v) is 7.15. The molecular weight excluding hydrogens is 330 g/mol. The summed E-state index contributed by atoms with van der Waals surface area (Å²) < 4.78 is 5.74. The van der Waals surface area contributed by atoms with E-state index in [1.165, 1.54) is 0 Å². The number of rotatable bonds is 2. The summed E-state index contributed by atoms with van der Waals surface area (Å²) in [6.07, 6.45) is 0. The number of hydrogen-bond donors (Lipinski definition) is 1. The van der Waals surface area contributed by atoms with Crippen molar-refractivity contribution < 1.29 is 19.4 Å². The maximum Gasteiger partial charge on any atom is 0.312 e. The molecule has 2 aromatic rings. The number of aliphatic carboxylic acids is 1. The highest BCUT2D eigenvalue weighted by molar-refractivity contribution is 5.87. The van der Waals surface area contributed by atoms with Gasteiger partial charge in [0.2, 0.25) is 5.91 Å². The van der Waals surface area contributed by atoms with Crippen LogP contribution in [-0.4, -0.2) is 35.0 Å². The number of ether oxygens (including phenoxy) is 1. The molecule has 5 nitrogen and oxygen atoms in total. The number of nitrogens with zero attached hydrogens (tertiary/aromatic N) is 1. The molecule has 2 aromatic carbocycles. The third-order valence-corrected chi connectivity index (χ3v) is 5.51. The van der Waals surface area contributed by atoms with E-state index in [4.69, 9.17) is 4.74 Å². The van der Waals surface area contributed by atoms with Gasteiger partial charge in [0.15, 0.2) is 0 Å². The lowest BCUT2D eigenvalue weighted by Crippen LogP contribution is -2.43. The van der Waals surface area contributed by atoms with Gasteiger partial charge in [-0.1, -0.05) is 30.3 Å². The first-order valence-electron chi connectivity index (χ1n) is 8.79. The van der Waals surface area contributed by atoms with Crippen molar-refractivity contribution in [1.29, 1.82) is 0 Å². The molecule has 2 unspecified atom stereocenters. The summed E-state index contributed by atoms with van der Waals surface area (Å²) in [5.41, 5.74) is 4.87. The highest BCUT2D eigenvalue weighted by Crippen LogP contribution is 2.38. The van der Waals surface area contributed by atoms with E-state index in [0.717, 1.165) is 33.6 Å². The number of carboxylic acid groups (broad SMARTS) is 1. The molecule has 0 spiro atoms. The second kappa shape index (κ2) is 6.16. The zero-order chi connectivity index (χ0) is 18.4. The highest BCUT2D eigenvalue weighted by Gasteiger charge is 2.38. The van der Waals surface area contributed by atoms with Crippen LogP contribution in [0.4, 0.5) is 0 Å². The van der Waals surface area contributed by atoms with Gasteiger partial charge in [-0.15, -0.1) is 0 Å². The van der Waals surface area contributed by atoms with Gasteiger partial charge in [-0.2, -0.15) is 0 Å². The van der Waals surface area contributed by atoms with Crippen LogP contribution in [0.1, 0.15) is 39.7 Å². The van der Waals surface area contributed by atoms with Gasteiger partial charge >= 0.3 is 5.97 Å². The smallest absolute Gasteiger partial charge is 0.312 e. The average Bonchev–Trinajstić information content (AvgIpc) is 3.03. The molecule has 2 atom stereocenters. The second-order valence-electron chi connectivity index (χ2n) is 7.15. The predicted octanol–water partition coefficient (Wildman–Crippen LogP) is 2.99. The molecule has 26 heavy (non-hydrogen) atoms. The van der Waals surface area contributed by atoms with Crippen molar-refractivity contribution >= 4 is 11.9 Å². The van der Waals surface area contributed by atoms with Gasteiger partial charge in [-0.25, -0.2) is 0 Å². The predicted molar refractivity (Wildman–Crippen MR) is 96.4 cm³/mol. The first-order valence-corrected chi connectivity index (χ1v) is 8.79. The van der Waals surface area contributed by atoms with Crippen LogP contribution in [0.3, 0.4) is 0 Å². The van der Waals surface area contributed by atoms with E-state index in [1.807, 2.05) is 50.2 Å². The van der Waals surface area contributed by atoms with E-state index in [-0.39, 0.29) is 18.4 Å². The number of aryl methyl sites for hydroxylation is 2. The number of benzene rings is 2. The van der Waals surface area contributed by atoms with Crippen LogP contribution >= 0.6 is 0 Å². The third-order valence-electron chi connectivity index (χ3n) is 5.51. The number of carbonyl (C=O) groups excluding carboxylic acids is 1. The Labute approximate surface area is 152 Å². The molecule has 2 aliphatic rings. The molecule has 0 aromatic heterocycles. The molecule has 0 bridgehead atoms. The van der Waals surface area contributed by atoms with Crippen molar-refractivity contribution in [2.75, 3.05) is 13.2 Å². The summed E-state index contributed by atoms with van der Waals surface area (Å²) in [7, 11) is 0. The van der Waals surface area contributed by atoms with Gasteiger partial charge in [0.05, 0.1) is 5.92 Å². The Hall–Kier alpha value is -2.82. The molecular formula is C21H21NO4. The standard InChI is InChI=1S/C21H21NO4/c1-12-7-16-18(11-26-19(16)8-13(12)2)20(23)22-9-14-5-3-4-6-15(14)17(10-22)21(24)25/h3-8,17-18H,9-11H2,1-2H3,(H,24,25). The summed E-state index contributed by atoms with van der Waals surface area (Å²) in [5.74, 6) is -1.26. The Morgan fingerprint density at radius 2 is 1.81 bits per heavy atom. The van der Waals surface area contributed by atoms with Crippen molar-refractivity contribution in [2.45, 2.75) is 32.2 Å². The van der Waals surface area contributed by atoms with Crippen LogP contribution < -0.4 is 4.74 Å². The lowest BCUT2D eigenvalue weighted by atomic mass is 9.88. The maximum absolute atomic E-state index is 13.2. The number of carboxylic acids is 1. The Bertz CT molecular complexity index is 905. The van der Waals surface area contributed by atoms with Crippen LogP contribution in [0.15, 0.2) is 36.4 Å². The van der Waals surface area contributed by atoms with Gasteiger partial charge in [-0.05, 0) is 42.2 Å². The summed E-state index contributed by atoms with van der Waals surface area (Å²) in [6.45, 7) is 4.99. The SMILES string of the molecule is Cc1cc2c(cc1C)C(C(=O)N1Cc3ccccc3C(C(=O)O)C1)CO2. The summed E-state index contributed by atoms with van der Waals surface area (Å²) in [6, 6.07) is 11.5. The van der Waals surface area contributed by atoms with Crippen LogP contribution in [0.2, 0.25) is 0 Å². The topological polar surface area (TPSA) is 66.8 Å². The molecule has 1 N–H and O–H groups in total. The van der Waals surface area contributed by atoms with Crippen molar-refractivity contribution in [3.8, 4) is 5.75 Å². The van der Waals surface area contributed by atoms with E-state index in [9.17, 15) is 14.7 Å². The molecule has 2 aliphatic heterocycles. The van der Waals surface area contributed by atoms with Crippen molar-refractivity contribution in [3.05, 3.63) is 64.2 Å². The molecule has 5 heteroatoms. The van der Waals surface area contributed by atoms with Crippen LogP contribution in [-0.2, 0) is 16.1 Å². The van der Waals surface area contributed by atoms with Gasteiger partial charge in [0.25, 0.3) is 0 Å². The fourth-order valence-corrected chi connectivity index (χ4v) is 3.88. The minimum Gasteiger partial charge on any atom is -0.492 e. The molecule has 1 amide bonds. The van der Waals surface area contributed by atoms with Crippen LogP contribution in [0.25, 0.3) is 0 Å². The third kappa shape index (κ3) is 2.64. The van der Waals surface area contributed by atoms with E-state index < -0.39 is 11.9 Å². The minimum absolute atomic E-state index is 0.0623. The minimum atomic E-state index is -0.899. The molecule has 2 heterocycles. The highest BCUT2D eigenvalue weighted by atomic mass is 16.5. The number of hydrogen-bond acceptors (Lipinski definition) is 3. The lowest BCUT2D eigenvalue weighted by molar-refractivity contribution is -0.141. The lowest BCUT2D eigenvalue weighted by Gasteiger charge is -2.34. The molecule has 134 valence electrons. The first-order chi connectivity index (χ1) is 12.5. The quantitative estimate of drug-likeness (QED) is 0.903. The molecule has 0 fully saturated rings. The van der Waals surface area contributed by atoms with E-state index in [0.29, 0.717) is 13.2 Å². The van der Waals surface area contributed by atoms with Crippen molar-refractivity contribution in [2.24, 2.45) is 0 Å². The van der Waals surface area contributed by atoms with Gasteiger partial charge in [0, 0.05) is 18.7 Å². The van der Waals surface area contributed by atoms with Crippen LogP contribution in [0, 0.1) is 13.8 Å². The number of carbonyl (C=O) groups is 2. The molecule has 0 saturated carbocycles. The monoisotopic (exact) mass is 351 g/mol. The first kappa shape index (κ1) is 16.6. The van der Waals surface area contributed by atoms with Gasteiger partial charge < -0.3 is 14.7 Å². The zero-order valence-corrected chi connectivity index (χ0v) is 14.9. The number of amides is 1. The van der Waals surface area contributed by atoms with Crippen molar-refractivity contribution in [1.82, 2.24) is 4.90 Å². The molecule has 0 radical (unpaired) electrons. The maximum atomic E-state index is 13.2. The summed E-state index contributed by atoms with van der Waals surface area (Å²) in [4.78, 5) is 26.6. The average molecular weight is 351 g/mol. The summed E-state index contributed by atoms with van der Waals surface area (Å²) >= 11 is 0. The normalized spacial score (nSPS) is 20.9. The van der Waals surface area contributed by atoms with Crippen molar-refractivity contribution in [3.63, 3.8) is 0 Å². The zero-order valence-electron chi connectivity index (χ0n) is 14.9. The molecule has 4 rings (SSSR count). The van der Waals surface area contributed by atoms with Gasteiger partial charge in [-0.3, -0.25) is 9.59 Å². The van der Waals surface area contributed by atoms with E-state index >= 15 is 0 Å². The van der Waals surface area contributed by atoms with E-state index in [1.54, 1.807) is 4.90 Å². The molecule has 0 aliphatic carbocycles. The van der Waals surface area contributed by atoms with Crippen LogP contribution in [0.5, 0.6) is 5.75 Å². The van der Waals surface area contributed by atoms with Gasteiger partial charge in [0.1, 0.15) is 18.3 Å². The summed E-state index contributed by atoms with van der Waals surface area (Å²) in [5, 5.41) is 9.61. The number of fused-ring (bicyclic) bond motifs is 2. The fraction of sp³-hybridized carbons (Fsp3) is 0.333. The molecule has 0 saturated heterocycles. The van der Waals surface area contributed by atoms with E-state index in [2.05, 4.69) is 0 Å². The Morgan fingerprint density at radius 3 is 2.58 bits per heavy atom. The largest absolute Gasteiger partial charge is 0.492 e. The fourth-order valence-electron chi connectivity index (χ4n) is 3.88. The Morgan fingerprint density at radius 1 is 1.08 bits per heavy atom. The Kier molecular flexibility index (Phi) is 3.94. The Balaban J connectivity index is 1.65.